The van der Waals surface area contributed by atoms with Gasteiger partial charge >= 0.3 is 0 Å². The Hall–Kier alpha value is -3.56. The van der Waals surface area contributed by atoms with Crippen molar-refractivity contribution in [2.45, 2.75) is 44.6 Å². The molecule has 2 aromatic rings. The number of carbonyl (C=O) groups is 2. The number of aliphatic hydroxyl groups is 1. The highest BCUT2D eigenvalue weighted by Crippen LogP contribution is 2.35. The van der Waals surface area contributed by atoms with Gasteiger partial charge in [-0.3, -0.25) is 4.79 Å². The monoisotopic (exact) mass is 478 g/mol. The Morgan fingerprint density at radius 3 is 2.64 bits per heavy atom. The maximum atomic E-state index is 12.6. The predicted octanol–water partition coefficient (Wildman–Crippen LogP) is 1.17. The van der Waals surface area contributed by atoms with Gasteiger partial charge in [0.05, 0.1) is 17.5 Å². The average molecular weight is 479 g/mol. The summed E-state index contributed by atoms with van der Waals surface area (Å²) < 4.78 is 39.1. The molecule has 11 nitrogen and oxygen atoms in total. The van der Waals surface area contributed by atoms with Crippen LogP contribution < -0.4 is 19.9 Å². The molecule has 0 aliphatic rings. The number of carboxylic acid groups (broad SMARTS) is 1. The summed E-state index contributed by atoms with van der Waals surface area (Å²) in [4.78, 5) is 22.8. The SMILES string of the molecule is CCNS(=O)(=O)c1ccc(OCCCC(=O)[O-])c2oc(C(C)NC(=O)/C(C#N)=C(\C)O)cc12. The number of hydrogen-bond donors (Lipinski definition) is 3. The van der Waals surface area contributed by atoms with Crippen LogP contribution in [0.5, 0.6) is 5.75 Å². The summed E-state index contributed by atoms with van der Waals surface area (Å²) in [5.41, 5.74) is -0.377. The van der Waals surface area contributed by atoms with Crippen LogP contribution in [0.15, 0.2) is 38.8 Å². The van der Waals surface area contributed by atoms with Gasteiger partial charge in [-0.25, -0.2) is 13.1 Å². The molecule has 1 atom stereocenters. The number of furan rings is 1. The van der Waals surface area contributed by atoms with Crippen LogP contribution in [0, 0.1) is 11.3 Å². The fourth-order valence-corrected chi connectivity index (χ4v) is 4.18. The largest absolute Gasteiger partial charge is 0.550 e. The number of aliphatic carboxylic acids is 1. The highest BCUT2D eigenvalue weighted by atomic mass is 32.2. The third-order valence-corrected chi connectivity index (χ3v) is 6.11. The summed E-state index contributed by atoms with van der Waals surface area (Å²) in [6.07, 6.45) is -0.0351. The number of nitrogens with zero attached hydrogens (tertiary/aromatic N) is 1. The zero-order valence-electron chi connectivity index (χ0n) is 18.3. The Morgan fingerprint density at radius 1 is 1.36 bits per heavy atom. The number of ether oxygens (including phenoxy) is 1. The van der Waals surface area contributed by atoms with Crippen LogP contribution in [0.2, 0.25) is 0 Å². The normalized spacial score (nSPS) is 13.2. The lowest BCUT2D eigenvalue weighted by Crippen LogP contribution is -2.28. The molecular formula is C21H24N3O8S-. The molecule has 1 aromatic carbocycles. The van der Waals surface area contributed by atoms with Gasteiger partial charge in [-0.2, -0.15) is 5.26 Å². The first-order valence-corrected chi connectivity index (χ1v) is 11.5. The number of allylic oxidation sites excluding steroid dienone is 1. The van der Waals surface area contributed by atoms with Crippen molar-refractivity contribution in [2.75, 3.05) is 13.2 Å². The fraction of sp³-hybridized carbons (Fsp3) is 0.381. The lowest BCUT2D eigenvalue weighted by molar-refractivity contribution is -0.305. The molecule has 0 spiro atoms. The zero-order valence-corrected chi connectivity index (χ0v) is 19.1. The average Bonchev–Trinajstić information content (AvgIpc) is 3.16. The first kappa shape index (κ1) is 25.7. The molecule has 0 bridgehead atoms. The molecule has 1 heterocycles. The fourth-order valence-electron chi connectivity index (χ4n) is 2.96. The Bertz CT molecular complexity index is 1220. The third-order valence-electron chi connectivity index (χ3n) is 4.51. The summed E-state index contributed by atoms with van der Waals surface area (Å²) in [6, 6.07) is 4.97. The van der Waals surface area contributed by atoms with Crippen LogP contribution in [0.3, 0.4) is 0 Å². The van der Waals surface area contributed by atoms with Gasteiger partial charge in [-0.15, -0.1) is 0 Å². The first-order chi connectivity index (χ1) is 15.5. The number of hydrogen-bond acceptors (Lipinski definition) is 9. The number of carboxylic acids is 1. The Balaban J connectivity index is 2.47. The molecule has 33 heavy (non-hydrogen) atoms. The number of rotatable bonds is 11. The van der Waals surface area contributed by atoms with Gasteiger partial charge in [0.15, 0.2) is 16.9 Å². The van der Waals surface area contributed by atoms with E-state index in [0.29, 0.717) is 0 Å². The standard InChI is InChI=1S/C21H25N3O8S/c1-4-23-33(29,30)18-8-7-16(31-9-5-6-19(26)27)20-14(18)10-17(32-20)12(2)24-21(28)15(11-22)13(3)25/h7-8,10,12,23,25H,4-6,9H2,1-3H3,(H,24,28)(H,26,27)/p-1/b15-13+. The van der Waals surface area contributed by atoms with E-state index < -0.39 is 39.3 Å². The van der Waals surface area contributed by atoms with Crippen molar-refractivity contribution in [3.05, 3.63) is 35.3 Å². The third kappa shape index (κ3) is 6.24. The number of amides is 1. The van der Waals surface area contributed by atoms with Crippen LogP contribution >= 0.6 is 0 Å². The van der Waals surface area contributed by atoms with Crippen molar-refractivity contribution in [3.8, 4) is 11.8 Å². The highest BCUT2D eigenvalue weighted by Gasteiger charge is 2.25. The number of sulfonamides is 1. The van der Waals surface area contributed by atoms with Crippen molar-refractivity contribution in [1.82, 2.24) is 10.0 Å². The summed E-state index contributed by atoms with van der Waals surface area (Å²) in [5, 5.41) is 31.8. The number of benzene rings is 1. The Labute approximate surface area is 190 Å². The van der Waals surface area contributed by atoms with E-state index in [1.54, 1.807) is 19.9 Å². The van der Waals surface area contributed by atoms with Gasteiger partial charge in [0.25, 0.3) is 5.91 Å². The molecular weight excluding hydrogens is 454 g/mol. The summed E-state index contributed by atoms with van der Waals surface area (Å²) in [7, 11) is -3.88. The molecule has 12 heteroatoms. The number of nitriles is 1. The van der Waals surface area contributed by atoms with Crippen LogP contribution in [0.1, 0.15) is 45.4 Å². The van der Waals surface area contributed by atoms with Crippen LogP contribution in [0.4, 0.5) is 0 Å². The van der Waals surface area contributed by atoms with E-state index >= 15 is 0 Å². The van der Waals surface area contributed by atoms with E-state index in [-0.39, 0.29) is 53.4 Å². The second-order valence-electron chi connectivity index (χ2n) is 7.05. The summed E-state index contributed by atoms with van der Waals surface area (Å²) >= 11 is 0. The van der Waals surface area contributed by atoms with E-state index in [4.69, 9.17) is 14.4 Å². The second kappa shape index (κ2) is 10.8. The smallest absolute Gasteiger partial charge is 0.265 e. The van der Waals surface area contributed by atoms with E-state index in [9.17, 15) is 28.2 Å². The van der Waals surface area contributed by atoms with E-state index in [1.165, 1.54) is 25.1 Å². The van der Waals surface area contributed by atoms with Crippen molar-refractivity contribution < 1.29 is 37.4 Å². The van der Waals surface area contributed by atoms with Gasteiger partial charge in [-0.1, -0.05) is 6.92 Å². The predicted molar refractivity (Wildman–Crippen MR) is 114 cm³/mol. The molecule has 0 saturated heterocycles. The van der Waals surface area contributed by atoms with Crippen molar-refractivity contribution in [3.63, 3.8) is 0 Å². The zero-order chi connectivity index (χ0) is 24.8. The minimum absolute atomic E-state index is 0.0246. The molecule has 0 aliphatic carbocycles. The lowest BCUT2D eigenvalue weighted by atomic mass is 10.2. The highest BCUT2D eigenvalue weighted by molar-refractivity contribution is 7.89. The molecule has 0 fully saturated rings. The van der Waals surface area contributed by atoms with E-state index in [0.717, 1.165) is 0 Å². The molecule has 0 aliphatic heterocycles. The number of nitrogens with one attached hydrogen (secondary N) is 2. The van der Waals surface area contributed by atoms with Crippen LogP contribution in [-0.2, 0) is 19.6 Å². The first-order valence-electron chi connectivity index (χ1n) is 10.0. The molecule has 3 N–H and O–H groups in total. The molecule has 1 unspecified atom stereocenters. The van der Waals surface area contributed by atoms with Gasteiger partial charge < -0.3 is 29.5 Å². The topological polar surface area (TPSA) is 182 Å². The number of aliphatic hydroxyl groups excluding tert-OH is 1. The summed E-state index contributed by atoms with van der Waals surface area (Å²) in [6.45, 7) is 4.57. The number of carbonyl (C=O) groups excluding carboxylic acids is 2. The number of fused-ring (bicyclic) bond motifs is 1. The quantitative estimate of drug-likeness (QED) is 0.185. The van der Waals surface area contributed by atoms with Crippen LogP contribution in [-0.4, -0.2) is 38.6 Å². The molecule has 2 rings (SSSR count). The van der Waals surface area contributed by atoms with Crippen molar-refractivity contribution >= 4 is 32.9 Å². The minimum Gasteiger partial charge on any atom is -0.550 e. The maximum Gasteiger partial charge on any atom is 0.265 e. The molecule has 1 amide bonds. The van der Waals surface area contributed by atoms with Gasteiger partial charge in [0.2, 0.25) is 10.0 Å². The molecule has 0 saturated carbocycles. The second-order valence-corrected chi connectivity index (χ2v) is 8.78. The lowest BCUT2D eigenvalue weighted by Gasteiger charge is -2.11. The van der Waals surface area contributed by atoms with Gasteiger partial charge in [0, 0.05) is 17.9 Å². The summed E-state index contributed by atoms with van der Waals surface area (Å²) in [5.74, 6) is -2.13. The van der Waals surface area contributed by atoms with Crippen LogP contribution in [0.25, 0.3) is 11.0 Å². The van der Waals surface area contributed by atoms with Crippen molar-refractivity contribution in [1.29, 1.82) is 5.26 Å². The van der Waals surface area contributed by atoms with Crippen molar-refractivity contribution in [2.24, 2.45) is 0 Å². The van der Waals surface area contributed by atoms with Gasteiger partial charge in [0.1, 0.15) is 17.6 Å². The van der Waals surface area contributed by atoms with E-state index in [1.807, 2.05) is 0 Å². The van der Waals surface area contributed by atoms with E-state index in [2.05, 4.69) is 10.0 Å². The molecule has 178 valence electrons. The maximum absolute atomic E-state index is 12.6. The van der Waals surface area contributed by atoms with Gasteiger partial charge in [-0.05, 0) is 44.9 Å². The minimum atomic E-state index is -3.88. The Morgan fingerprint density at radius 2 is 2.06 bits per heavy atom. The molecule has 1 aromatic heterocycles. The molecule has 0 radical (unpaired) electrons. The Kier molecular flexibility index (Phi) is 8.44.